The lowest BCUT2D eigenvalue weighted by Gasteiger charge is -2.15. The summed E-state index contributed by atoms with van der Waals surface area (Å²) in [6.45, 7) is 4.67. The maximum Gasteiger partial charge on any atom is 0.0715 e. The van der Waals surface area contributed by atoms with Gasteiger partial charge in [-0.3, -0.25) is 0 Å². The fraction of sp³-hybridized carbons (Fsp3) is 0.500. The van der Waals surface area contributed by atoms with Gasteiger partial charge in [-0.2, -0.15) is 5.26 Å². The van der Waals surface area contributed by atoms with Gasteiger partial charge in [0.15, 0.2) is 0 Å². The van der Waals surface area contributed by atoms with Crippen LogP contribution >= 0.6 is 0 Å². The number of aliphatic hydroxyl groups is 1. The summed E-state index contributed by atoms with van der Waals surface area (Å²) in [6, 6.07) is 7.59. The predicted octanol–water partition coefficient (Wildman–Crippen LogP) is 2.15. The molecule has 0 heterocycles. The van der Waals surface area contributed by atoms with Crippen molar-refractivity contribution >= 4 is 11.4 Å². The number of nitriles is 1. The zero-order chi connectivity index (χ0) is 13.5. The molecule has 18 heavy (non-hydrogen) atoms. The van der Waals surface area contributed by atoms with E-state index in [2.05, 4.69) is 25.2 Å². The first-order valence-corrected chi connectivity index (χ1v) is 6.20. The number of aliphatic hydroxyl groups excluding tert-OH is 1. The fourth-order valence-corrected chi connectivity index (χ4v) is 1.82. The van der Waals surface area contributed by atoms with Crippen molar-refractivity contribution in [2.24, 2.45) is 5.92 Å². The Labute approximate surface area is 108 Å². The number of rotatable bonds is 6. The van der Waals surface area contributed by atoms with Crippen LogP contribution in [0.2, 0.25) is 0 Å². The Balaban J connectivity index is 2.57. The minimum absolute atomic E-state index is 0.301. The van der Waals surface area contributed by atoms with Gasteiger partial charge >= 0.3 is 0 Å². The zero-order valence-corrected chi connectivity index (χ0v) is 11.0. The lowest BCUT2D eigenvalue weighted by Crippen LogP contribution is -2.21. The van der Waals surface area contributed by atoms with Gasteiger partial charge in [-0.15, -0.1) is 0 Å². The number of hydrogen-bond donors (Lipinski definition) is 3. The van der Waals surface area contributed by atoms with E-state index < -0.39 is 0 Å². The first-order chi connectivity index (χ1) is 8.52. The first kappa shape index (κ1) is 14.3. The lowest BCUT2D eigenvalue weighted by atomic mass is 10.1. The second-order valence-electron chi connectivity index (χ2n) is 4.91. The molecule has 0 aliphatic heterocycles. The molecule has 0 bridgehead atoms. The van der Waals surface area contributed by atoms with Crippen LogP contribution in [0.4, 0.5) is 11.4 Å². The second-order valence-corrected chi connectivity index (χ2v) is 4.91. The SMILES string of the molecule is CC(C)CC(O)CNc1ccc(N)c(CC#N)c1. The molecule has 0 fully saturated rings. The smallest absolute Gasteiger partial charge is 0.0715 e. The Morgan fingerprint density at radius 3 is 2.78 bits per heavy atom. The number of nitrogen functional groups attached to an aromatic ring is 1. The molecule has 1 unspecified atom stereocenters. The molecule has 0 aromatic heterocycles. The van der Waals surface area contributed by atoms with Crippen molar-refractivity contribution < 1.29 is 5.11 Å². The molecule has 0 aliphatic rings. The van der Waals surface area contributed by atoms with Crippen LogP contribution in [-0.2, 0) is 6.42 Å². The summed E-state index contributed by atoms with van der Waals surface area (Å²) in [4.78, 5) is 0. The van der Waals surface area contributed by atoms with Crippen molar-refractivity contribution in [3.8, 4) is 6.07 Å². The Bertz CT molecular complexity index is 424. The van der Waals surface area contributed by atoms with Gasteiger partial charge in [0, 0.05) is 17.9 Å². The van der Waals surface area contributed by atoms with Gasteiger partial charge in [0.1, 0.15) is 0 Å². The molecule has 0 spiro atoms. The van der Waals surface area contributed by atoms with E-state index in [0.29, 0.717) is 24.6 Å². The maximum absolute atomic E-state index is 9.77. The second kappa shape index (κ2) is 6.87. The molecule has 1 aromatic rings. The monoisotopic (exact) mass is 247 g/mol. The van der Waals surface area contributed by atoms with Crippen molar-refractivity contribution in [1.82, 2.24) is 0 Å². The molecule has 4 heteroatoms. The molecule has 4 nitrogen and oxygen atoms in total. The maximum atomic E-state index is 9.77. The van der Waals surface area contributed by atoms with Gasteiger partial charge in [0.05, 0.1) is 18.6 Å². The standard InChI is InChI=1S/C14H21N3O/c1-10(2)7-13(18)9-17-12-3-4-14(16)11(8-12)5-6-15/h3-4,8,10,13,17-18H,5,7,9,16H2,1-2H3. The summed E-state index contributed by atoms with van der Waals surface area (Å²) >= 11 is 0. The van der Waals surface area contributed by atoms with Gasteiger partial charge in [-0.05, 0) is 36.1 Å². The van der Waals surface area contributed by atoms with E-state index in [1.807, 2.05) is 12.1 Å². The van der Waals surface area contributed by atoms with Crippen molar-refractivity contribution in [2.45, 2.75) is 32.8 Å². The van der Waals surface area contributed by atoms with Gasteiger partial charge in [0.25, 0.3) is 0 Å². The van der Waals surface area contributed by atoms with E-state index in [-0.39, 0.29) is 6.10 Å². The van der Waals surface area contributed by atoms with Gasteiger partial charge in [-0.25, -0.2) is 0 Å². The summed E-state index contributed by atoms with van der Waals surface area (Å²) in [5.41, 5.74) is 8.11. The van der Waals surface area contributed by atoms with Crippen molar-refractivity contribution in [1.29, 1.82) is 5.26 Å². The van der Waals surface area contributed by atoms with Gasteiger partial charge < -0.3 is 16.2 Å². The topological polar surface area (TPSA) is 82.1 Å². The normalized spacial score (nSPS) is 12.2. The van der Waals surface area contributed by atoms with Gasteiger partial charge in [0.2, 0.25) is 0 Å². The molecule has 0 amide bonds. The Morgan fingerprint density at radius 1 is 1.44 bits per heavy atom. The molecular weight excluding hydrogens is 226 g/mol. The highest BCUT2D eigenvalue weighted by Crippen LogP contribution is 2.18. The molecule has 0 radical (unpaired) electrons. The minimum Gasteiger partial charge on any atom is -0.398 e. The van der Waals surface area contributed by atoms with Crippen LogP contribution < -0.4 is 11.1 Å². The summed E-state index contributed by atoms with van der Waals surface area (Å²) in [5, 5.41) is 21.6. The summed E-state index contributed by atoms with van der Waals surface area (Å²) in [6.07, 6.45) is 0.713. The van der Waals surface area contributed by atoms with Crippen molar-refractivity contribution in [2.75, 3.05) is 17.6 Å². The number of hydrogen-bond acceptors (Lipinski definition) is 4. The minimum atomic E-state index is -0.359. The van der Waals surface area contributed by atoms with E-state index >= 15 is 0 Å². The average Bonchev–Trinajstić information content (AvgIpc) is 2.29. The Hall–Kier alpha value is -1.73. The Morgan fingerprint density at radius 2 is 2.17 bits per heavy atom. The van der Waals surface area contributed by atoms with E-state index in [1.165, 1.54) is 0 Å². The molecule has 98 valence electrons. The van der Waals surface area contributed by atoms with Gasteiger partial charge in [-0.1, -0.05) is 13.8 Å². The van der Waals surface area contributed by atoms with Crippen LogP contribution in [0.3, 0.4) is 0 Å². The molecule has 1 aromatic carbocycles. The van der Waals surface area contributed by atoms with E-state index in [9.17, 15) is 5.11 Å². The molecule has 0 saturated carbocycles. The zero-order valence-electron chi connectivity index (χ0n) is 11.0. The number of benzene rings is 1. The van der Waals surface area contributed by atoms with Crippen molar-refractivity contribution in [3.63, 3.8) is 0 Å². The molecule has 4 N–H and O–H groups in total. The summed E-state index contributed by atoms with van der Waals surface area (Å²) in [5.74, 6) is 0.474. The number of nitrogens with two attached hydrogens (primary N) is 1. The van der Waals surface area contributed by atoms with E-state index in [4.69, 9.17) is 11.0 Å². The van der Waals surface area contributed by atoms with Crippen LogP contribution in [0.1, 0.15) is 25.8 Å². The van der Waals surface area contributed by atoms with Crippen LogP contribution in [0.25, 0.3) is 0 Å². The third-order valence-electron chi connectivity index (χ3n) is 2.70. The lowest BCUT2D eigenvalue weighted by molar-refractivity contribution is 0.161. The van der Waals surface area contributed by atoms with Crippen LogP contribution in [0.15, 0.2) is 18.2 Å². The fourth-order valence-electron chi connectivity index (χ4n) is 1.82. The molecular formula is C14H21N3O. The highest BCUT2D eigenvalue weighted by atomic mass is 16.3. The van der Waals surface area contributed by atoms with Crippen LogP contribution in [-0.4, -0.2) is 17.8 Å². The summed E-state index contributed by atoms with van der Waals surface area (Å²) in [7, 11) is 0. The van der Waals surface area contributed by atoms with Crippen LogP contribution in [0, 0.1) is 17.2 Å². The largest absolute Gasteiger partial charge is 0.398 e. The quantitative estimate of drug-likeness (QED) is 0.673. The predicted molar refractivity (Wildman–Crippen MR) is 74.1 cm³/mol. The molecule has 1 rings (SSSR count). The third-order valence-corrected chi connectivity index (χ3v) is 2.70. The van der Waals surface area contributed by atoms with E-state index in [1.54, 1.807) is 6.07 Å². The van der Waals surface area contributed by atoms with Crippen molar-refractivity contribution in [3.05, 3.63) is 23.8 Å². The average molecular weight is 247 g/mol. The molecule has 0 aliphatic carbocycles. The molecule has 0 saturated heterocycles. The third kappa shape index (κ3) is 4.64. The van der Waals surface area contributed by atoms with Crippen LogP contribution in [0.5, 0.6) is 0 Å². The first-order valence-electron chi connectivity index (χ1n) is 6.20. The highest BCUT2D eigenvalue weighted by Gasteiger charge is 2.07. The number of anilines is 2. The highest BCUT2D eigenvalue weighted by molar-refractivity contribution is 5.58. The Kier molecular flexibility index (Phi) is 5.47. The number of nitrogens with zero attached hydrogens (tertiary/aromatic N) is 1. The van der Waals surface area contributed by atoms with E-state index in [0.717, 1.165) is 17.7 Å². The number of nitrogens with one attached hydrogen (secondary N) is 1. The summed E-state index contributed by atoms with van der Waals surface area (Å²) < 4.78 is 0. The molecule has 1 atom stereocenters.